The summed E-state index contributed by atoms with van der Waals surface area (Å²) in [5, 5.41) is 5.07. The molecule has 0 saturated heterocycles. The smallest absolute Gasteiger partial charge is 0.174 e. The molecule has 2 aromatic carbocycles. The standard InChI is InChI=1S/2C9H7N.2CH4O3S/c2*1-2-4-9-7-10-6-5-8(9)3-1;2*1-5(2,3)4/h2*1-7H;2*1H3,(H,2,3,4). The van der Waals surface area contributed by atoms with E-state index in [-0.39, 0.29) is 0 Å². The largest absolute Gasteiger partial charge is 0.748 e. The van der Waals surface area contributed by atoms with Crippen molar-refractivity contribution in [3.63, 3.8) is 0 Å². The molecule has 0 saturated carbocycles. The Morgan fingerprint density at radius 2 is 0.833 bits per heavy atom. The number of pyridine rings is 2. The Morgan fingerprint density at radius 3 is 1.10 bits per heavy atom. The molecular formula is C20H22N2O6S2. The van der Waals surface area contributed by atoms with Crippen LogP contribution in [0.3, 0.4) is 0 Å². The summed E-state index contributed by atoms with van der Waals surface area (Å²) in [6.07, 6.45) is 9.06. The summed E-state index contributed by atoms with van der Waals surface area (Å²) in [6, 6.07) is 20.7. The Hall–Kier alpha value is -2.92. The van der Waals surface area contributed by atoms with E-state index in [4.69, 9.17) is 25.9 Å². The van der Waals surface area contributed by atoms with Crippen LogP contribution >= 0.6 is 0 Å². The molecule has 2 heterocycles. The molecule has 0 fully saturated rings. The number of hydrogen-bond donors (Lipinski definition) is 0. The van der Waals surface area contributed by atoms with Crippen molar-refractivity contribution in [3.8, 4) is 0 Å². The van der Waals surface area contributed by atoms with Gasteiger partial charge < -0.3 is 9.11 Å². The molecule has 0 spiro atoms. The molecule has 0 aliphatic rings. The topological polar surface area (TPSA) is 143 Å². The van der Waals surface area contributed by atoms with Crippen molar-refractivity contribution in [2.24, 2.45) is 0 Å². The molecule has 0 aliphatic carbocycles. The van der Waals surface area contributed by atoms with E-state index in [1.165, 1.54) is 21.5 Å². The lowest BCUT2D eigenvalue weighted by atomic mass is 10.2. The van der Waals surface area contributed by atoms with Crippen molar-refractivity contribution in [1.82, 2.24) is 0 Å². The second-order valence-corrected chi connectivity index (χ2v) is 8.77. The molecule has 10 heteroatoms. The van der Waals surface area contributed by atoms with E-state index >= 15 is 0 Å². The lowest BCUT2D eigenvalue weighted by Gasteiger charge is -1.90. The molecule has 8 nitrogen and oxygen atoms in total. The van der Waals surface area contributed by atoms with Gasteiger partial charge in [0, 0.05) is 35.4 Å². The normalized spacial score (nSPS) is 10.5. The molecule has 4 aromatic rings. The maximum absolute atomic E-state index is 9.08. The first-order valence-electron chi connectivity index (χ1n) is 8.45. The number of hydrogen-bond acceptors (Lipinski definition) is 6. The molecule has 0 amide bonds. The summed E-state index contributed by atoms with van der Waals surface area (Å²) in [6.45, 7) is 0. The minimum absolute atomic E-state index is 0.604. The van der Waals surface area contributed by atoms with E-state index in [0.29, 0.717) is 12.5 Å². The van der Waals surface area contributed by atoms with E-state index in [2.05, 4.69) is 46.4 Å². The number of aromatic nitrogens is 2. The average molecular weight is 451 g/mol. The van der Waals surface area contributed by atoms with Crippen LogP contribution in [0.1, 0.15) is 0 Å². The summed E-state index contributed by atoms with van der Waals surface area (Å²) < 4.78 is 54.5. The van der Waals surface area contributed by atoms with Crippen molar-refractivity contribution in [1.29, 1.82) is 0 Å². The zero-order chi connectivity index (χ0) is 22.6. The van der Waals surface area contributed by atoms with Crippen molar-refractivity contribution >= 4 is 41.8 Å². The van der Waals surface area contributed by atoms with E-state index in [0.717, 1.165) is 0 Å². The predicted molar refractivity (Wildman–Crippen MR) is 112 cm³/mol. The van der Waals surface area contributed by atoms with Crippen molar-refractivity contribution in [3.05, 3.63) is 85.5 Å². The fraction of sp³-hybridized carbons (Fsp3) is 0.100. The number of H-pyrrole nitrogens is 2. The number of benzene rings is 2. The highest BCUT2D eigenvalue weighted by molar-refractivity contribution is 7.85. The van der Waals surface area contributed by atoms with Gasteiger partial charge in [0.1, 0.15) is 0 Å². The van der Waals surface area contributed by atoms with Crippen LogP contribution in [-0.4, -0.2) is 38.5 Å². The van der Waals surface area contributed by atoms with Gasteiger partial charge in [-0.15, -0.1) is 0 Å². The van der Waals surface area contributed by atoms with Crippen LogP contribution in [0, 0.1) is 0 Å². The molecule has 4 rings (SSSR count). The summed E-state index contributed by atoms with van der Waals surface area (Å²) in [5.74, 6) is 0. The quantitative estimate of drug-likeness (QED) is 0.373. The van der Waals surface area contributed by atoms with Gasteiger partial charge in [-0.25, -0.2) is 26.8 Å². The van der Waals surface area contributed by atoms with Gasteiger partial charge in [-0.05, 0) is 22.9 Å². The molecule has 0 aliphatic heterocycles. The third kappa shape index (κ3) is 13.3. The highest BCUT2D eigenvalue weighted by Crippen LogP contribution is 2.08. The molecule has 0 unspecified atom stereocenters. The fourth-order valence-corrected chi connectivity index (χ4v) is 2.14. The van der Waals surface area contributed by atoms with E-state index in [9.17, 15) is 0 Å². The predicted octanol–water partition coefficient (Wildman–Crippen LogP) is 1.63. The summed E-state index contributed by atoms with van der Waals surface area (Å²) in [4.78, 5) is 6.07. The summed E-state index contributed by atoms with van der Waals surface area (Å²) in [7, 11) is -7.83. The van der Waals surface area contributed by atoms with E-state index in [1.807, 2.05) is 49.1 Å². The van der Waals surface area contributed by atoms with E-state index in [1.54, 1.807) is 0 Å². The van der Waals surface area contributed by atoms with Gasteiger partial charge in [-0.1, -0.05) is 36.4 Å². The van der Waals surface area contributed by atoms with Gasteiger partial charge in [0.2, 0.25) is 0 Å². The van der Waals surface area contributed by atoms with Gasteiger partial charge in [0.05, 0.1) is 20.2 Å². The summed E-state index contributed by atoms with van der Waals surface area (Å²) in [5.41, 5.74) is 0. The zero-order valence-electron chi connectivity index (χ0n) is 16.3. The number of rotatable bonds is 0. The third-order valence-corrected chi connectivity index (χ3v) is 3.19. The maximum Gasteiger partial charge on any atom is 0.174 e. The average Bonchev–Trinajstić information content (AvgIpc) is 2.66. The van der Waals surface area contributed by atoms with Crippen LogP contribution in [-0.2, 0) is 20.2 Å². The Labute approximate surface area is 175 Å². The fourth-order valence-electron chi connectivity index (χ4n) is 2.14. The molecule has 2 aromatic heterocycles. The Balaban J connectivity index is 0.000000213. The van der Waals surface area contributed by atoms with E-state index < -0.39 is 20.2 Å². The van der Waals surface area contributed by atoms with Crippen molar-refractivity contribution in [2.75, 3.05) is 12.5 Å². The second-order valence-electron chi connectivity index (χ2n) is 5.95. The van der Waals surface area contributed by atoms with Crippen LogP contribution < -0.4 is 9.97 Å². The number of aromatic amines is 2. The highest BCUT2D eigenvalue weighted by Gasteiger charge is 1.91. The number of fused-ring (bicyclic) bond motifs is 2. The van der Waals surface area contributed by atoms with Crippen LogP contribution in [0.2, 0.25) is 0 Å². The van der Waals surface area contributed by atoms with Crippen molar-refractivity contribution in [2.45, 2.75) is 0 Å². The monoisotopic (exact) mass is 450 g/mol. The van der Waals surface area contributed by atoms with Gasteiger partial charge in [-0.3, -0.25) is 0 Å². The summed E-state index contributed by atoms with van der Waals surface area (Å²) >= 11 is 0. The van der Waals surface area contributed by atoms with Crippen LogP contribution in [0.4, 0.5) is 0 Å². The Bertz CT molecular complexity index is 1030. The van der Waals surface area contributed by atoms with Crippen LogP contribution in [0.25, 0.3) is 21.5 Å². The zero-order valence-corrected chi connectivity index (χ0v) is 18.0. The lowest BCUT2D eigenvalue weighted by Crippen LogP contribution is -1.96. The van der Waals surface area contributed by atoms with Gasteiger partial charge in [0.25, 0.3) is 0 Å². The molecular weight excluding hydrogens is 428 g/mol. The number of nitrogens with one attached hydrogen (secondary N) is 2. The molecule has 0 radical (unpaired) electrons. The first kappa shape index (κ1) is 25.1. The molecule has 160 valence electrons. The lowest BCUT2D eigenvalue weighted by molar-refractivity contribution is -0.376. The van der Waals surface area contributed by atoms with Gasteiger partial charge >= 0.3 is 0 Å². The first-order valence-corrected chi connectivity index (χ1v) is 12.1. The molecule has 30 heavy (non-hydrogen) atoms. The second kappa shape index (κ2) is 11.9. The van der Waals surface area contributed by atoms with Gasteiger partial charge in [-0.2, -0.15) is 0 Å². The molecule has 2 N–H and O–H groups in total. The highest BCUT2D eigenvalue weighted by atomic mass is 32.2. The van der Waals surface area contributed by atoms with Crippen molar-refractivity contribution < 1.29 is 35.9 Å². The molecule has 0 bridgehead atoms. The molecule has 0 atom stereocenters. The minimum Gasteiger partial charge on any atom is -0.748 e. The van der Waals surface area contributed by atoms with Crippen LogP contribution in [0.5, 0.6) is 0 Å². The third-order valence-electron chi connectivity index (χ3n) is 3.19. The first-order chi connectivity index (χ1) is 13.9. The van der Waals surface area contributed by atoms with Gasteiger partial charge in [0.15, 0.2) is 24.8 Å². The Morgan fingerprint density at radius 1 is 0.567 bits per heavy atom. The Kier molecular flexibility index (Phi) is 9.99. The van der Waals surface area contributed by atoms with Crippen LogP contribution in [0.15, 0.2) is 85.5 Å². The maximum atomic E-state index is 9.08. The SMILES string of the molecule is CS(=O)(=O)[O-].CS(=O)(=O)[O-].c1ccc2c[nH+]ccc2c1.c1ccc2c[nH+]ccc2c1. The minimum atomic E-state index is -3.92.